The first-order chi connectivity index (χ1) is 13.2. The zero-order chi connectivity index (χ0) is 22.0. The van der Waals surface area contributed by atoms with Crippen molar-refractivity contribution in [2.75, 3.05) is 13.2 Å². The molecule has 0 bridgehead atoms. The number of nitrogens with zero attached hydrogens (tertiary/aromatic N) is 1. The van der Waals surface area contributed by atoms with Crippen LogP contribution in [-0.2, 0) is 14.2 Å². The predicted molar refractivity (Wildman–Crippen MR) is 113 cm³/mol. The van der Waals surface area contributed by atoms with Gasteiger partial charge in [-0.05, 0) is 59.1 Å². The van der Waals surface area contributed by atoms with E-state index in [-0.39, 0.29) is 6.54 Å². The lowest BCUT2D eigenvalue weighted by Gasteiger charge is -2.38. The molecule has 0 aromatic heterocycles. The van der Waals surface area contributed by atoms with Gasteiger partial charge >= 0.3 is 6.09 Å². The molecular weight excluding hydrogens is 370 g/mol. The number of aliphatic hydroxyl groups excluding tert-OH is 1. The highest BCUT2D eigenvalue weighted by Crippen LogP contribution is 2.31. The molecule has 1 unspecified atom stereocenters. The molecule has 29 heavy (non-hydrogen) atoms. The Labute approximate surface area is 175 Å². The van der Waals surface area contributed by atoms with Crippen molar-refractivity contribution in [3.8, 4) is 0 Å². The standard InChI is InChI=1S/C23H37NO5/c1-21(2,3)24(20(26)29-22(4,5)6)14-18(25)16-10-9-11-19-17(13-12-16)15-27-23(7,8)28-19/h9-10,12,18,25H,11,13-15H2,1-8H3/b10-9?,16-12+. The topological polar surface area (TPSA) is 68.2 Å². The van der Waals surface area contributed by atoms with Crippen molar-refractivity contribution < 1.29 is 24.1 Å². The molecule has 0 aromatic rings. The van der Waals surface area contributed by atoms with Crippen molar-refractivity contribution >= 4 is 6.09 Å². The largest absolute Gasteiger partial charge is 0.467 e. The zero-order valence-corrected chi connectivity index (χ0v) is 19.2. The van der Waals surface area contributed by atoms with E-state index in [2.05, 4.69) is 0 Å². The molecule has 0 aromatic carbocycles. The van der Waals surface area contributed by atoms with Crippen LogP contribution in [0.15, 0.2) is 35.1 Å². The van der Waals surface area contributed by atoms with Gasteiger partial charge < -0.3 is 24.2 Å². The lowest BCUT2D eigenvalue weighted by Crippen LogP contribution is -2.51. The average Bonchev–Trinajstić information content (AvgIpc) is 2.50. The minimum Gasteiger partial charge on any atom is -0.467 e. The number of β-amino-alcohol motifs (C(OH)–C–C–N with tert-alkyl or cyclic N) is 1. The summed E-state index contributed by atoms with van der Waals surface area (Å²) in [5, 5.41) is 10.9. The van der Waals surface area contributed by atoms with Crippen molar-refractivity contribution in [2.24, 2.45) is 0 Å². The molecule has 0 spiro atoms. The van der Waals surface area contributed by atoms with Crippen LogP contribution in [0.1, 0.15) is 68.2 Å². The number of carbonyl (C=O) groups excluding carboxylic acids is 1. The van der Waals surface area contributed by atoms with E-state index in [1.54, 1.807) is 4.90 Å². The molecule has 0 saturated heterocycles. The molecule has 0 radical (unpaired) electrons. The maximum Gasteiger partial charge on any atom is 0.410 e. The van der Waals surface area contributed by atoms with Crippen LogP contribution in [0.4, 0.5) is 4.79 Å². The molecule has 2 rings (SSSR count). The van der Waals surface area contributed by atoms with E-state index in [1.807, 2.05) is 73.6 Å². The zero-order valence-electron chi connectivity index (χ0n) is 19.2. The summed E-state index contributed by atoms with van der Waals surface area (Å²) in [6.45, 7) is 15.8. The third kappa shape index (κ3) is 6.89. The van der Waals surface area contributed by atoms with Crippen LogP contribution in [0, 0.1) is 0 Å². The first kappa shape index (κ1) is 23.5. The second-order valence-corrected chi connectivity index (χ2v) is 10.1. The summed E-state index contributed by atoms with van der Waals surface area (Å²) >= 11 is 0. The van der Waals surface area contributed by atoms with Crippen molar-refractivity contribution in [3.05, 3.63) is 35.1 Å². The van der Waals surface area contributed by atoms with Gasteiger partial charge in [-0.3, -0.25) is 0 Å². The van der Waals surface area contributed by atoms with Gasteiger partial charge in [-0.2, -0.15) is 0 Å². The lowest BCUT2D eigenvalue weighted by molar-refractivity contribution is -0.201. The third-order valence-corrected chi connectivity index (χ3v) is 4.72. The van der Waals surface area contributed by atoms with E-state index in [4.69, 9.17) is 14.2 Å². The van der Waals surface area contributed by atoms with Crippen LogP contribution in [0.25, 0.3) is 0 Å². The summed E-state index contributed by atoms with van der Waals surface area (Å²) in [6, 6.07) is 0. The van der Waals surface area contributed by atoms with Gasteiger partial charge in [0.1, 0.15) is 11.4 Å². The van der Waals surface area contributed by atoms with Gasteiger partial charge in [0.25, 0.3) is 0 Å². The van der Waals surface area contributed by atoms with Crippen LogP contribution in [0.5, 0.6) is 0 Å². The van der Waals surface area contributed by atoms with Crippen molar-refractivity contribution in [1.29, 1.82) is 0 Å². The highest BCUT2D eigenvalue weighted by atomic mass is 16.7. The second-order valence-electron chi connectivity index (χ2n) is 10.1. The molecule has 6 heteroatoms. The number of ether oxygens (including phenoxy) is 3. The van der Waals surface area contributed by atoms with E-state index in [0.717, 1.165) is 16.9 Å². The van der Waals surface area contributed by atoms with Gasteiger partial charge in [-0.1, -0.05) is 18.2 Å². The van der Waals surface area contributed by atoms with Gasteiger partial charge in [0.2, 0.25) is 5.79 Å². The molecule has 1 atom stereocenters. The fraction of sp³-hybridized carbons (Fsp3) is 0.696. The Morgan fingerprint density at radius 1 is 1.24 bits per heavy atom. The Bertz CT molecular complexity index is 704. The molecule has 0 saturated carbocycles. The van der Waals surface area contributed by atoms with E-state index < -0.39 is 29.1 Å². The van der Waals surface area contributed by atoms with Gasteiger partial charge in [0, 0.05) is 25.8 Å². The predicted octanol–water partition coefficient (Wildman–Crippen LogP) is 4.70. The van der Waals surface area contributed by atoms with E-state index in [1.165, 1.54) is 0 Å². The Hall–Kier alpha value is -1.79. The molecule has 1 amide bonds. The van der Waals surface area contributed by atoms with Crippen LogP contribution >= 0.6 is 0 Å². The van der Waals surface area contributed by atoms with Crippen molar-refractivity contribution in [3.63, 3.8) is 0 Å². The van der Waals surface area contributed by atoms with Crippen LogP contribution < -0.4 is 0 Å². The molecule has 1 heterocycles. The van der Waals surface area contributed by atoms with Crippen molar-refractivity contribution in [2.45, 2.75) is 91.3 Å². The number of rotatable bonds is 3. The quantitative estimate of drug-likeness (QED) is 0.735. The Kier molecular flexibility index (Phi) is 6.90. The SMILES string of the molecule is CC(C)(C)OC(=O)N(CC(O)/C1=C/CC2=C(CC=C1)OC(C)(C)OC2)C(C)(C)C. The number of hydrogen-bond acceptors (Lipinski definition) is 5. The minimum atomic E-state index is -0.818. The van der Waals surface area contributed by atoms with Gasteiger partial charge in [0.05, 0.1) is 19.3 Å². The number of allylic oxidation sites excluding steroid dienone is 2. The van der Waals surface area contributed by atoms with Gasteiger partial charge in [-0.25, -0.2) is 4.79 Å². The Morgan fingerprint density at radius 3 is 2.48 bits per heavy atom. The summed E-state index contributed by atoms with van der Waals surface area (Å²) < 4.78 is 17.2. The van der Waals surface area contributed by atoms with Crippen molar-refractivity contribution in [1.82, 2.24) is 4.90 Å². The Balaban J connectivity index is 2.15. The number of hydrogen-bond donors (Lipinski definition) is 1. The first-order valence-corrected chi connectivity index (χ1v) is 10.3. The summed E-state index contributed by atoms with van der Waals surface area (Å²) in [6.07, 6.45) is 5.93. The summed E-state index contributed by atoms with van der Waals surface area (Å²) in [5.41, 5.74) is 0.779. The molecular formula is C23H37NO5. The summed E-state index contributed by atoms with van der Waals surface area (Å²) in [7, 11) is 0. The van der Waals surface area contributed by atoms with E-state index >= 15 is 0 Å². The maximum absolute atomic E-state index is 12.7. The highest BCUT2D eigenvalue weighted by molar-refractivity contribution is 5.69. The second kappa shape index (κ2) is 8.52. The molecule has 1 N–H and O–H groups in total. The maximum atomic E-state index is 12.7. The fourth-order valence-electron chi connectivity index (χ4n) is 3.17. The normalized spacial score (nSPS) is 22.4. The number of carbonyl (C=O) groups is 1. The summed E-state index contributed by atoms with van der Waals surface area (Å²) in [5.74, 6) is 0.325. The molecule has 2 aliphatic rings. The monoisotopic (exact) mass is 407 g/mol. The smallest absolute Gasteiger partial charge is 0.410 e. The van der Waals surface area contributed by atoms with E-state index in [9.17, 15) is 9.90 Å². The fourth-order valence-corrected chi connectivity index (χ4v) is 3.17. The van der Waals surface area contributed by atoms with Gasteiger partial charge in [0.15, 0.2) is 0 Å². The molecule has 1 aliphatic heterocycles. The molecule has 1 aliphatic carbocycles. The van der Waals surface area contributed by atoms with Crippen LogP contribution in [0.2, 0.25) is 0 Å². The van der Waals surface area contributed by atoms with E-state index in [0.29, 0.717) is 19.4 Å². The first-order valence-electron chi connectivity index (χ1n) is 10.3. The van der Waals surface area contributed by atoms with Gasteiger partial charge in [-0.15, -0.1) is 0 Å². The third-order valence-electron chi connectivity index (χ3n) is 4.72. The lowest BCUT2D eigenvalue weighted by atomic mass is 9.98. The highest BCUT2D eigenvalue weighted by Gasteiger charge is 2.33. The molecule has 0 fully saturated rings. The Morgan fingerprint density at radius 2 is 1.90 bits per heavy atom. The van der Waals surface area contributed by atoms with Crippen LogP contribution in [0.3, 0.4) is 0 Å². The van der Waals surface area contributed by atoms with Crippen LogP contribution in [-0.4, -0.2) is 52.3 Å². The number of aliphatic hydroxyl groups is 1. The molecule has 6 nitrogen and oxygen atoms in total. The average molecular weight is 408 g/mol. The minimum absolute atomic E-state index is 0.153. The number of amides is 1. The molecule has 164 valence electrons. The summed E-state index contributed by atoms with van der Waals surface area (Å²) in [4.78, 5) is 14.3.